The van der Waals surface area contributed by atoms with Crippen LogP contribution in [0.15, 0.2) is 4.88 Å². The van der Waals surface area contributed by atoms with Crippen molar-refractivity contribution in [1.29, 1.82) is 0 Å². The summed E-state index contributed by atoms with van der Waals surface area (Å²) in [5.41, 5.74) is 9.57. The predicted molar refractivity (Wildman–Crippen MR) is 151 cm³/mol. The SMILES string of the molecule is CCCCCCCCCCCCCCCCP(CCCC)(CCCC)(CCCC)N=[N+]=[N-]. The second kappa shape index (κ2) is 21.3. The third-order valence-electron chi connectivity index (χ3n) is 7.64. The van der Waals surface area contributed by atoms with Crippen molar-refractivity contribution >= 4 is 6.75 Å². The molecule has 0 aliphatic carbocycles. The van der Waals surface area contributed by atoms with Gasteiger partial charge >= 0.3 is 177 Å². The number of nitrogens with zero attached hydrogens (tertiary/aromatic N) is 3. The molecule has 0 aromatic rings. The summed E-state index contributed by atoms with van der Waals surface area (Å²) in [6.07, 6.45) is 31.9. The fourth-order valence-electron chi connectivity index (χ4n) is 5.37. The molecule has 192 valence electrons. The zero-order valence-corrected chi connectivity index (χ0v) is 23.7. The Balaban J connectivity index is 4.33. The molecule has 0 saturated carbocycles. The summed E-state index contributed by atoms with van der Waals surface area (Å²) < 4.78 is 0. The summed E-state index contributed by atoms with van der Waals surface area (Å²) in [5.74, 6) is 0. The third kappa shape index (κ3) is 14.8. The van der Waals surface area contributed by atoms with E-state index in [1.54, 1.807) is 0 Å². The second-order valence-corrected chi connectivity index (χ2v) is 16.4. The van der Waals surface area contributed by atoms with Crippen LogP contribution in [0.1, 0.15) is 156 Å². The molecule has 32 heavy (non-hydrogen) atoms. The van der Waals surface area contributed by atoms with Crippen molar-refractivity contribution in [1.82, 2.24) is 0 Å². The van der Waals surface area contributed by atoms with Gasteiger partial charge in [-0.3, -0.25) is 0 Å². The molecule has 0 atom stereocenters. The number of rotatable bonds is 25. The molecule has 0 rings (SSSR count). The average Bonchev–Trinajstić information content (AvgIpc) is 2.81. The van der Waals surface area contributed by atoms with E-state index in [1.807, 2.05) is 0 Å². The topological polar surface area (TPSA) is 48.8 Å². The number of unbranched alkanes of at least 4 members (excludes halogenated alkanes) is 16. The van der Waals surface area contributed by atoms with Gasteiger partial charge in [0, 0.05) is 0 Å². The molecule has 0 fully saturated rings. The van der Waals surface area contributed by atoms with Crippen molar-refractivity contribution in [2.24, 2.45) is 4.88 Å². The van der Waals surface area contributed by atoms with Gasteiger partial charge in [-0.15, -0.1) is 0 Å². The molecular weight excluding hydrogens is 409 g/mol. The maximum atomic E-state index is 9.57. The summed E-state index contributed by atoms with van der Waals surface area (Å²) in [6, 6.07) is 0. The minimum atomic E-state index is -2.30. The Bertz CT molecular complexity index is 435. The summed E-state index contributed by atoms with van der Waals surface area (Å²) >= 11 is 0. The van der Waals surface area contributed by atoms with Crippen LogP contribution < -0.4 is 0 Å². The summed E-state index contributed by atoms with van der Waals surface area (Å²) in [5, 5.41) is 0. The Morgan fingerprint density at radius 1 is 0.438 bits per heavy atom. The zero-order chi connectivity index (χ0) is 23.8. The van der Waals surface area contributed by atoms with Crippen LogP contribution in [0.3, 0.4) is 0 Å². The van der Waals surface area contributed by atoms with Gasteiger partial charge < -0.3 is 0 Å². The molecule has 0 aliphatic heterocycles. The first kappa shape index (κ1) is 31.7. The number of hydrogen-bond donors (Lipinski definition) is 0. The van der Waals surface area contributed by atoms with E-state index in [9.17, 15) is 5.53 Å². The molecule has 0 N–H and O–H groups in total. The van der Waals surface area contributed by atoms with Crippen molar-refractivity contribution < 1.29 is 0 Å². The van der Waals surface area contributed by atoms with E-state index in [-0.39, 0.29) is 0 Å². The molecule has 0 saturated heterocycles. The molecule has 0 spiro atoms. The van der Waals surface area contributed by atoms with Crippen LogP contribution in [-0.2, 0) is 0 Å². The number of azide groups is 1. The Kier molecular flexibility index (Phi) is 21.1. The Morgan fingerprint density at radius 3 is 1.03 bits per heavy atom. The fraction of sp³-hybridized carbons (Fsp3) is 1.00. The Labute approximate surface area is 202 Å². The van der Waals surface area contributed by atoms with Crippen molar-refractivity contribution in [2.75, 3.05) is 24.6 Å². The maximum absolute atomic E-state index is 9.57. The third-order valence-corrected chi connectivity index (χ3v) is 14.1. The monoisotopic (exact) mass is 469 g/mol. The molecule has 0 aromatic heterocycles. The van der Waals surface area contributed by atoms with E-state index in [4.69, 9.17) is 4.88 Å². The van der Waals surface area contributed by atoms with Crippen molar-refractivity contribution in [3.63, 3.8) is 0 Å². The van der Waals surface area contributed by atoms with Crippen LogP contribution in [0.25, 0.3) is 10.4 Å². The van der Waals surface area contributed by atoms with Gasteiger partial charge in [-0.1, -0.05) is 26.2 Å². The van der Waals surface area contributed by atoms with Crippen LogP contribution in [0, 0.1) is 0 Å². The van der Waals surface area contributed by atoms with E-state index in [0.29, 0.717) is 0 Å². The fourth-order valence-corrected chi connectivity index (χ4v) is 11.7. The Hall–Kier alpha value is -0.260. The summed E-state index contributed by atoms with van der Waals surface area (Å²) in [4.78, 5) is 8.32. The molecule has 0 radical (unpaired) electrons. The Morgan fingerprint density at radius 2 is 0.719 bits per heavy atom. The van der Waals surface area contributed by atoms with Crippen LogP contribution in [0.5, 0.6) is 0 Å². The van der Waals surface area contributed by atoms with Gasteiger partial charge in [-0.2, -0.15) is 0 Å². The van der Waals surface area contributed by atoms with Gasteiger partial charge in [0.05, 0.1) is 0 Å². The van der Waals surface area contributed by atoms with Gasteiger partial charge in [-0.25, -0.2) is 0 Å². The zero-order valence-electron chi connectivity index (χ0n) is 22.8. The molecule has 4 heteroatoms. The molecule has 0 unspecified atom stereocenters. The van der Waals surface area contributed by atoms with Crippen LogP contribution in [0.4, 0.5) is 0 Å². The van der Waals surface area contributed by atoms with Crippen molar-refractivity contribution in [2.45, 2.75) is 156 Å². The molecule has 0 aromatic carbocycles. The second-order valence-electron chi connectivity index (χ2n) is 10.6. The van der Waals surface area contributed by atoms with Gasteiger partial charge in [0.2, 0.25) is 0 Å². The quantitative estimate of drug-likeness (QED) is 0.0419. The first-order valence-electron chi connectivity index (χ1n) is 14.7. The molecular formula is C28H60N3P. The van der Waals surface area contributed by atoms with E-state index >= 15 is 0 Å². The van der Waals surface area contributed by atoms with Gasteiger partial charge in [0.25, 0.3) is 0 Å². The van der Waals surface area contributed by atoms with Crippen LogP contribution in [0.2, 0.25) is 0 Å². The minimum absolute atomic E-state index is 1.21. The number of hydrogen-bond acceptors (Lipinski definition) is 1. The average molecular weight is 470 g/mol. The molecule has 0 aliphatic rings. The molecule has 3 nitrogen and oxygen atoms in total. The van der Waals surface area contributed by atoms with E-state index in [0.717, 1.165) is 0 Å². The first-order valence-corrected chi connectivity index (χ1v) is 17.6. The van der Waals surface area contributed by atoms with Gasteiger partial charge in [-0.05, 0) is 0 Å². The first-order chi connectivity index (χ1) is 15.6. The van der Waals surface area contributed by atoms with Crippen LogP contribution >= 0.6 is 6.75 Å². The molecule has 0 heterocycles. The van der Waals surface area contributed by atoms with E-state index in [1.165, 1.54) is 153 Å². The van der Waals surface area contributed by atoms with Crippen molar-refractivity contribution in [3.05, 3.63) is 10.4 Å². The summed E-state index contributed by atoms with van der Waals surface area (Å²) in [6.45, 7) is 6.85. The molecule has 0 bridgehead atoms. The molecule has 0 amide bonds. The predicted octanol–water partition coefficient (Wildman–Crippen LogP) is 11.6. The van der Waals surface area contributed by atoms with Crippen LogP contribution in [-0.4, -0.2) is 24.6 Å². The summed E-state index contributed by atoms with van der Waals surface area (Å²) in [7, 11) is 0. The van der Waals surface area contributed by atoms with Gasteiger partial charge in [0.15, 0.2) is 0 Å². The van der Waals surface area contributed by atoms with Gasteiger partial charge in [0.1, 0.15) is 0 Å². The van der Waals surface area contributed by atoms with E-state index in [2.05, 4.69) is 32.6 Å². The standard InChI is InChI=1S/C28H60N3P/c1-5-9-13-14-15-16-17-18-19-20-21-22-23-24-28-32(31-30-29,25-10-6-2,26-11-7-3)27-12-8-4/h5-28H2,1-4H3. The van der Waals surface area contributed by atoms with Crippen molar-refractivity contribution in [3.8, 4) is 0 Å². The normalized spacial score (nSPS) is 12.9. The van der Waals surface area contributed by atoms with E-state index < -0.39 is 6.75 Å².